The summed E-state index contributed by atoms with van der Waals surface area (Å²) in [5.41, 5.74) is 2.46. The number of ether oxygens (including phenoxy) is 3. The third kappa shape index (κ3) is 6.49. The van der Waals surface area contributed by atoms with Crippen LogP contribution in [0.5, 0.6) is 5.75 Å². The minimum Gasteiger partial charge on any atom is -0.497 e. The molecule has 2 aromatic rings. The van der Waals surface area contributed by atoms with Crippen LogP contribution in [0.15, 0.2) is 36.8 Å². The Bertz CT molecular complexity index is 598. The predicted octanol–water partition coefficient (Wildman–Crippen LogP) is 2.58. The molecule has 1 aromatic heterocycles. The highest BCUT2D eigenvalue weighted by Gasteiger charge is 2.11. The van der Waals surface area contributed by atoms with Gasteiger partial charge in [0.15, 0.2) is 0 Å². The Morgan fingerprint density at radius 1 is 1.00 bits per heavy atom. The van der Waals surface area contributed by atoms with Gasteiger partial charge in [0.05, 0.1) is 25.7 Å². The Morgan fingerprint density at radius 2 is 1.76 bits per heavy atom. The van der Waals surface area contributed by atoms with Gasteiger partial charge in [-0.1, -0.05) is 12.1 Å². The summed E-state index contributed by atoms with van der Waals surface area (Å²) >= 11 is 0. The zero-order valence-electron chi connectivity index (χ0n) is 15.5. The molecule has 1 heterocycles. The molecule has 1 aromatic carbocycles. The summed E-state index contributed by atoms with van der Waals surface area (Å²) in [5.74, 6) is 0.882. The van der Waals surface area contributed by atoms with E-state index in [4.69, 9.17) is 14.2 Å². The third-order valence-corrected chi connectivity index (χ3v) is 4.11. The van der Waals surface area contributed by atoms with Crippen LogP contribution in [0.4, 0.5) is 0 Å². The van der Waals surface area contributed by atoms with Crippen LogP contribution in [0, 0.1) is 0 Å². The van der Waals surface area contributed by atoms with Crippen molar-refractivity contribution in [3.05, 3.63) is 48.0 Å². The summed E-state index contributed by atoms with van der Waals surface area (Å²) in [6.07, 6.45) is 4.81. The number of aromatic nitrogens is 2. The summed E-state index contributed by atoms with van der Waals surface area (Å²) in [5, 5.41) is 0. The fourth-order valence-corrected chi connectivity index (χ4v) is 2.74. The van der Waals surface area contributed by atoms with Crippen molar-refractivity contribution in [3.63, 3.8) is 0 Å². The first-order chi connectivity index (χ1) is 12.3. The molecule has 6 heteroatoms. The van der Waals surface area contributed by atoms with E-state index in [1.165, 1.54) is 11.3 Å². The van der Waals surface area contributed by atoms with Crippen molar-refractivity contribution in [2.24, 2.45) is 0 Å². The summed E-state index contributed by atoms with van der Waals surface area (Å²) < 4.78 is 17.8. The van der Waals surface area contributed by atoms with E-state index in [2.05, 4.69) is 26.6 Å². The van der Waals surface area contributed by atoms with Crippen molar-refractivity contribution < 1.29 is 14.2 Å². The van der Waals surface area contributed by atoms with E-state index in [-0.39, 0.29) is 0 Å². The zero-order valence-corrected chi connectivity index (χ0v) is 15.5. The largest absolute Gasteiger partial charge is 0.497 e. The average molecular weight is 347 g/mol. The van der Waals surface area contributed by atoms with Gasteiger partial charge in [0.25, 0.3) is 0 Å². The summed E-state index contributed by atoms with van der Waals surface area (Å²) in [6, 6.07) is 8.24. The molecule has 0 saturated carbocycles. The highest BCUT2D eigenvalue weighted by Crippen LogP contribution is 2.15. The van der Waals surface area contributed by atoms with Gasteiger partial charge in [0.2, 0.25) is 0 Å². The first kappa shape index (κ1) is 19.4. The van der Waals surface area contributed by atoms with Crippen LogP contribution in [0.2, 0.25) is 0 Å². The van der Waals surface area contributed by atoms with E-state index in [1.54, 1.807) is 21.3 Å². The van der Waals surface area contributed by atoms with Gasteiger partial charge in [0.1, 0.15) is 5.75 Å². The number of hydrogen-bond donors (Lipinski definition) is 0. The van der Waals surface area contributed by atoms with Crippen molar-refractivity contribution >= 4 is 0 Å². The van der Waals surface area contributed by atoms with Crippen molar-refractivity contribution in [2.45, 2.75) is 26.1 Å². The SMILES string of the molecule is COCCCN(Cc1ccc(OC)cc1)Cc1cncn1CCOC. The second-order valence-electron chi connectivity index (χ2n) is 5.98. The summed E-state index contributed by atoms with van der Waals surface area (Å²) in [6.45, 7) is 4.96. The monoisotopic (exact) mass is 347 g/mol. The van der Waals surface area contributed by atoms with E-state index in [9.17, 15) is 0 Å². The van der Waals surface area contributed by atoms with Crippen LogP contribution in [0.25, 0.3) is 0 Å². The van der Waals surface area contributed by atoms with Gasteiger partial charge < -0.3 is 18.8 Å². The summed E-state index contributed by atoms with van der Waals surface area (Å²) in [4.78, 5) is 6.71. The molecule has 0 fully saturated rings. The van der Waals surface area contributed by atoms with Crippen LogP contribution in [0.3, 0.4) is 0 Å². The molecule has 0 bridgehead atoms. The molecular formula is C19H29N3O3. The Hall–Kier alpha value is -1.89. The lowest BCUT2D eigenvalue weighted by Gasteiger charge is -2.23. The van der Waals surface area contributed by atoms with Gasteiger partial charge in [0, 0.05) is 53.2 Å². The molecule has 0 radical (unpaired) electrons. The molecule has 0 spiro atoms. The highest BCUT2D eigenvalue weighted by atomic mass is 16.5. The Kier molecular flexibility index (Phi) is 8.45. The summed E-state index contributed by atoms with van der Waals surface area (Å²) in [7, 11) is 5.15. The van der Waals surface area contributed by atoms with Crippen molar-refractivity contribution in [1.82, 2.24) is 14.5 Å². The standard InChI is InChI=1S/C19H29N3O3/c1-23-11-4-9-21(14-17-5-7-19(25-3)8-6-17)15-18-13-20-16-22(18)10-12-24-2/h5-8,13,16H,4,9-12,14-15H2,1-3H3. The minimum atomic E-state index is 0.686. The van der Waals surface area contributed by atoms with Gasteiger partial charge in [-0.25, -0.2) is 4.98 Å². The highest BCUT2D eigenvalue weighted by molar-refractivity contribution is 5.27. The first-order valence-electron chi connectivity index (χ1n) is 8.59. The lowest BCUT2D eigenvalue weighted by Crippen LogP contribution is -2.26. The van der Waals surface area contributed by atoms with Crippen LogP contribution in [-0.4, -0.2) is 55.5 Å². The van der Waals surface area contributed by atoms with Gasteiger partial charge in [-0.15, -0.1) is 0 Å². The molecular weight excluding hydrogens is 318 g/mol. The zero-order chi connectivity index (χ0) is 17.9. The molecule has 0 aliphatic heterocycles. The lowest BCUT2D eigenvalue weighted by atomic mass is 10.2. The van der Waals surface area contributed by atoms with Gasteiger partial charge in [-0.05, 0) is 24.1 Å². The average Bonchev–Trinajstić information content (AvgIpc) is 3.07. The van der Waals surface area contributed by atoms with Crippen molar-refractivity contribution in [3.8, 4) is 5.75 Å². The van der Waals surface area contributed by atoms with E-state index < -0.39 is 0 Å². The third-order valence-electron chi connectivity index (χ3n) is 4.11. The smallest absolute Gasteiger partial charge is 0.118 e. The molecule has 0 aliphatic rings. The first-order valence-corrected chi connectivity index (χ1v) is 8.59. The number of imidazole rings is 1. The van der Waals surface area contributed by atoms with Crippen molar-refractivity contribution in [2.75, 3.05) is 41.1 Å². The molecule has 0 N–H and O–H groups in total. The number of nitrogens with zero attached hydrogens (tertiary/aromatic N) is 3. The molecule has 0 aliphatic carbocycles. The Morgan fingerprint density at radius 3 is 2.44 bits per heavy atom. The van der Waals surface area contributed by atoms with E-state index in [0.29, 0.717) is 6.61 Å². The second kappa shape index (κ2) is 10.9. The normalized spacial score (nSPS) is 11.2. The van der Waals surface area contributed by atoms with Crippen LogP contribution < -0.4 is 4.74 Å². The van der Waals surface area contributed by atoms with E-state index in [1.807, 2.05) is 24.7 Å². The minimum absolute atomic E-state index is 0.686. The maximum atomic E-state index is 5.24. The van der Waals surface area contributed by atoms with E-state index >= 15 is 0 Å². The maximum absolute atomic E-state index is 5.24. The Labute approximate surface area is 150 Å². The molecule has 25 heavy (non-hydrogen) atoms. The topological polar surface area (TPSA) is 48.8 Å². The quantitative estimate of drug-likeness (QED) is 0.552. The predicted molar refractivity (Wildman–Crippen MR) is 97.7 cm³/mol. The molecule has 0 amide bonds. The van der Waals surface area contributed by atoms with Gasteiger partial charge >= 0.3 is 0 Å². The molecule has 2 rings (SSSR count). The molecule has 0 saturated heterocycles. The number of benzene rings is 1. The number of methoxy groups -OCH3 is 3. The van der Waals surface area contributed by atoms with E-state index in [0.717, 1.165) is 45.0 Å². The van der Waals surface area contributed by atoms with Crippen LogP contribution in [-0.2, 0) is 29.1 Å². The van der Waals surface area contributed by atoms with Crippen LogP contribution >= 0.6 is 0 Å². The fourth-order valence-electron chi connectivity index (χ4n) is 2.74. The lowest BCUT2D eigenvalue weighted by molar-refractivity contribution is 0.163. The molecule has 0 atom stereocenters. The molecule has 0 unspecified atom stereocenters. The molecule has 138 valence electrons. The fraction of sp³-hybridized carbons (Fsp3) is 0.526. The van der Waals surface area contributed by atoms with Crippen LogP contribution in [0.1, 0.15) is 17.7 Å². The second-order valence-corrected chi connectivity index (χ2v) is 5.98. The van der Waals surface area contributed by atoms with Gasteiger partial charge in [-0.3, -0.25) is 4.90 Å². The maximum Gasteiger partial charge on any atom is 0.118 e. The van der Waals surface area contributed by atoms with Crippen molar-refractivity contribution in [1.29, 1.82) is 0 Å². The Balaban J connectivity index is 2.02. The van der Waals surface area contributed by atoms with Gasteiger partial charge in [-0.2, -0.15) is 0 Å². The number of rotatable bonds is 12. The number of hydrogen-bond acceptors (Lipinski definition) is 5. The molecule has 6 nitrogen and oxygen atoms in total.